The number of hydrogen-bond donors (Lipinski definition) is 1. The van der Waals surface area contributed by atoms with E-state index in [1.54, 1.807) is 42.6 Å². The van der Waals surface area contributed by atoms with Crippen LogP contribution in [0.2, 0.25) is 5.02 Å². The van der Waals surface area contributed by atoms with Crippen molar-refractivity contribution in [2.75, 3.05) is 0 Å². The summed E-state index contributed by atoms with van der Waals surface area (Å²) in [5.41, 5.74) is 7.17. The van der Waals surface area contributed by atoms with E-state index in [0.29, 0.717) is 10.6 Å². The van der Waals surface area contributed by atoms with E-state index in [9.17, 15) is 14.9 Å². The molecule has 3 rings (SSSR count). The summed E-state index contributed by atoms with van der Waals surface area (Å²) in [7, 11) is 0. The number of nitro groups is 1. The zero-order valence-corrected chi connectivity index (χ0v) is 16.9. The fraction of sp³-hybridized carbons (Fsp3) is 0.143. The van der Waals surface area contributed by atoms with Gasteiger partial charge in [-0.2, -0.15) is 5.10 Å². The molecule has 0 fully saturated rings. The summed E-state index contributed by atoms with van der Waals surface area (Å²) >= 11 is 5.82. The lowest BCUT2D eigenvalue weighted by Crippen LogP contribution is -2.17. The molecule has 7 nitrogen and oxygen atoms in total. The van der Waals surface area contributed by atoms with E-state index in [4.69, 9.17) is 11.6 Å². The van der Waals surface area contributed by atoms with Gasteiger partial charge in [-0.05, 0) is 56.7 Å². The Labute approximate surface area is 172 Å². The molecule has 0 saturated carbocycles. The van der Waals surface area contributed by atoms with Gasteiger partial charge in [0.05, 0.1) is 16.8 Å². The number of carbonyl (C=O) groups excluding carboxylic acids is 1. The van der Waals surface area contributed by atoms with Crippen molar-refractivity contribution in [2.24, 2.45) is 5.10 Å². The first-order chi connectivity index (χ1) is 13.8. The number of nitrogens with one attached hydrogen (secondary N) is 1. The Hall–Kier alpha value is -3.45. The number of aryl methyl sites for hydroxylation is 2. The van der Waals surface area contributed by atoms with Gasteiger partial charge in [-0.15, -0.1) is 0 Å². The highest BCUT2D eigenvalue weighted by molar-refractivity contribution is 6.30. The van der Waals surface area contributed by atoms with Crippen LogP contribution in [-0.4, -0.2) is 21.6 Å². The van der Waals surface area contributed by atoms with Crippen LogP contribution in [0.4, 0.5) is 5.69 Å². The van der Waals surface area contributed by atoms with Gasteiger partial charge in [-0.1, -0.05) is 17.7 Å². The minimum Gasteiger partial charge on any atom is -0.317 e. The SMILES string of the molecule is Cc1ccc([N+](=O)[O-])cc1-n1c(C)cc(/C=N\NC(=O)c2ccc(Cl)cc2)c1C. The third-order valence-electron chi connectivity index (χ3n) is 4.59. The molecule has 0 atom stereocenters. The summed E-state index contributed by atoms with van der Waals surface area (Å²) in [6, 6.07) is 13.2. The van der Waals surface area contributed by atoms with Crippen LogP contribution in [0.3, 0.4) is 0 Å². The third kappa shape index (κ3) is 4.35. The molecule has 0 bridgehead atoms. The monoisotopic (exact) mass is 410 g/mol. The number of amides is 1. The Morgan fingerprint density at radius 3 is 2.48 bits per heavy atom. The van der Waals surface area contributed by atoms with Crippen LogP contribution in [0.25, 0.3) is 5.69 Å². The number of carbonyl (C=O) groups is 1. The first-order valence-corrected chi connectivity index (χ1v) is 9.19. The summed E-state index contributed by atoms with van der Waals surface area (Å²) < 4.78 is 1.94. The van der Waals surface area contributed by atoms with Gasteiger partial charge in [0, 0.05) is 39.7 Å². The van der Waals surface area contributed by atoms with Crippen LogP contribution in [0.5, 0.6) is 0 Å². The Bertz CT molecular complexity index is 1120. The molecule has 1 N–H and O–H groups in total. The third-order valence-corrected chi connectivity index (χ3v) is 4.84. The molecular weight excluding hydrogens is 392 g/mol. The lowest BCUT2D eigenvalue weighted by atomic mass is 10.1. The number of nitrogens with zero attached hydrogens (tertiary/aromatic N) is 3. The van der Waals surface area contributed by atoms with Crippen molar-refractivity contribution in [1.29, 1.82) is 0 Å². The van der Waals surface area contributed by atoms with E-state index in [2.05, 4.69) is 10.5 Å². The summed E-state index contributed by atoms with van der Waals surface area (Å²) in [6.45, 7) is 5.71. The maximum Gasteiger partial charge on any atom is 0.271 e. The highest BCUT2D eigenvalue weighted by Gasteiger charge is 2.15. The van der Waals surface area contributed by atoms with E-state index in [1.165, 1.54) is 6.07 Å². The molecule has 148 valence electrons. The zero-order chi connectivity index (χ0) is 21.1. The van der Waals surface area contributed by atoms with Crippen molar-refractivity contribution in [3.63, 3.8) is 0 Å². The largest absolute Gasteiger partial charge is 0.317 e. The molecule has 1 amide bonds. The van der Waals surface area contributed by atoms with Crippen molar-refractivity contribution in [2.45, 2.75) is 20.8 Å². The first kappa shape index (κ1) is 20.3. The molecule has 3 aromatic rings. The topological polar surface area (TPSA) is 89.5 Å². The zero-order valence-electron chi connectivity index (χ0n) is 16.1. The van der Waals surface area contributed by atoms with Crippen molar-refractivity contribution in [3.8, 4) is 5.69 Å². The van der Waals surface area contributed by atoms with E-state index in [-0.39, 0.29) is 11.6 Å². The first-order valence-electron chi connectivity index (χ1n) is 8.81. The van der Waals surface area contributed by atoms with Crippen LogP contribution in [0.1, 0.15) is 32.9 Å². The molecular formula is C21H19ClN4O3. The Balaban J connectivity index is 1.85. The number of benzene rings is 2. The molecule has 0 saturated heterocycles. The van der Waals surface area contributed by atoms with Crippen molar-refractivity contribution in [3.05, 3.63) is 91.7 Å². The average Bonchev–Trinajstić information content (AvgIpc) is 2.96. The number of non-ortho nitro benzene ring substituents is 1. The van der Waals surface area contributed by atoms with Crippen LogP contribution >= 0.6 is 11.6 Å². The van der Waals surface area contributed by atoms with Gasteiger partial charge < -0.3 is 4.57 Å². The second-order valence-electron chi connectivity index (χ2n) is 6.60. The highest BCUT2D eigenvalue weighted by Crippen LogP contribution is 2.26. The average molecular weight is 411 g/mol. The molecule has 0 aliphatic rings. The van der Waals surface area contributed by atoms with E-state index in [0.717, 1.165) is 28.2 Å². The molecule has 0 spiro atoms. The molecule has 1 aromatic heterocycles. The predicted octanol–water partition coefficient (Wildman–Crippen LogP) is 4.73. The number of hydrazone groups is 1. The highest BCUT2D eigenvalue weighted by atomic mass is 35.5. The van der Waals surface area contributed by atoms with Crippen LogP contribution < -0.4 is 5.43 Å². The smallest absolute Gasteiger partial charge is 0.271 e. The lowest BCUT2D eigenvalue weighted by molar-refractivity contribution is -0.384. The van der Waals surface area contributed by atoms with Gasteiger partial charge in [0.1, 0.15) is 0 Å². The number of aromatic nitrogens is 1. The number of nitro benzene ring substituents is 1. The second kappa shape index (κ2) is 8.28. The quantitative estimate of drug-likeness (QED) is 0.374. The summed E-state index contributed by atoms with van der Waals surface area (Å²) in [5, 5.41) is 15.7. The molecule has 0 radical (unpaired) electrons. The molecule has 0 aliphatic carbocycles. The van der Waals surface area contributed by atoms with Gasteiger partial charge in [-0.25, -0.2) is 5.43 Å². The maximum absolute atomic E-state index is 12.1. The maximum atomic E-state index is 12.1. The standard InChI is InChI=1S/C21H19ClN4O3/c1-13-4-9-19(26(28)29)11-20(13)25-14(2)10-17(15(25)3)12-23-24-21(27)16-5-7-18(22)8-6-16/h4-12H,1-3H3,(H,24,27)/b23-12-. The second-order valence-corrected chi connectivity index (χ2v) is 7.03. The number of rotatable bonds is 5. The van der Waals surface area contributed by atoms with Crippen LogP contribution in [-0.2, 0) is 0 Å². The van der Waals surface area contributed by atoms with Crippen molar-refractivity contribution < 1.29 is 9.72 Å². The Kier molecular flexibility index (Phi) is 5.79. The van der Waals surface area contributed by atoms with Crippen LogP contribution in [0.15, 0.2) is 53.6 Å². The van der Waals surface area contributed by atoms with Gasteiger partial charge in [0.2, 0.25) is 0 Å². The molecule has 8 heteroatoms. The van der Waals surface area contributed by atoms with E-state index < -0.39 is 4.92 Å². The molecule has 29 heavy (non-hydrogen) atoms. The van der Waals surface area contributed by atoms with E-state index in [1.807, 2.05) is 31.4 Å². The van der Waals surface area contributed by atoms with Crippen molar-refractivity contribution in [1.82, 2.24) is 9.99 Å². The molecule has 0 aliphatic heterocycles. The molecule has 2 aromatic carbocycles. The fourth-order valence-electron chi connectivity index (χ4n) is 3.07. The summed E-state index contributed by atoms with van der Waals surface area (Å²) in [4.78, 5) is 22.9. The fourth-order valence-corrected chi connectivity index (χ4v) is 3.19. The minimum atomic E-state index is -0.411. The minimum absolute atomic E-state index is 0.0311. The Morgan fingerprint density at radius 2 is 1.83 bits per heavy atom. The summed E-state index contributed by atoms with van der Waals surface area (Å²) in [6.07, 6.45) is 1.55. The van der Waals surface area contributed by atoms with Crippen LogP contribution in [0, 0.1) is 30.9 Å². The number of halogens is 1. The Morgan fingerprint density at radius 1 is 1.14 bits per heavy atom. The van der Waals surface area contributed by atoms with Gasteiger partial charge in [0.25, 0.3) is 11.6 Å². The van der Waals surface area contributed by atoms with Gasteiger partial charge >= 0.3 is 0 Å². The van der Waals surface area contributed by atoms with Gasteiger partial charge in [-0.3, -0.25) is 14.9 Å². The normalized spacial score (nSPS) is 11.0. The predicted molar refractivity (Wildman–Crippen MR) is 113 cm³/mol. The van der Waals surface area contributed by atoms with E-state index >= 15 is 0 Å². The van der Waals surface area contributed by atoms with Crippen molar-refractivity contribution >= 4 is 29.4 Å². The number of hydrogen-bond acceptors (Lipinski definition) is 4. The molecule has 0 unspecified atom stereocenters. The molecule has 1 heterocycles. The van der Waals surface area contributed by atoms with Gasteiger partial charge in [0.15, 0.2) is 0 Å². The summed E-state index contributed by atoms with van der Waals surface area (Å²) in [5.74, 6) is -0.346. The lowest BCUT2D eigenvalue weighted by Gasteiger charge is -2.12.